The number of methoxy groups -OCH3 is 1. The third kappa shape index (κ3) is 4.59. The maximum Gasteiger partial charge on any atom is 0.279 e. The molecule has 0 aromatic heterocycles. The molecule has 0 heterocycles. The van der Waals surface area contributed by atoms with Gasteiger partial charge >= 0.3 is 0 Å². The second-order valence-electron chi connectivity index (χ2n) is 7.23. The van der Waals surface area contributed by atoms with Crippen LogP contribution >= 0.6 is 7.26 Å². The van der Waals surface area contributed by atoms with Gasteiger partial charge in [-0.15, -0.1) is 0 Å². The maximum atomic E-state index is 11.9. The smallest absolute Gasteiger partial charge is 0.279 e. The van der Waals surface area contributed by atoms with E-state index in [4.69, 9.17) is 4.74 Å². The quantitative estimate of drug-likeness (QED) is 0.218. The van der Waals surface area contributed by atoms with Gasteiger partial charge in [0.25, 0.3) is 5.69 Å². The Morgan fingerprint density at radius 3 is 1.56 bits per heavy atom. The molecule has 0 bridgehead atoms. The molecule has 0 saturated carbocycles. The number of hydrogen-bond donors (Lipinski definition) is 0. The lowest BCUT2D eigenvalue weighted by atomic mass is 10.2. The zero-order valence-electron chi connectivity index (χ0n) is 17.6. The predicted molar refractivity (Wildman–Crippen MR) is 129 cm³/mol. The summed E-state index contributed by atoms with van der Waals surface area (Å²) in [5, 5.41) is 15.5. The van der Waals surface area contributed by atoms with Crippen molar-refractivity contribution in [2.45, 2.75) is 6.16 Å². The number of rotatable bonds is 7. The first kappa shape index (κ1) is 23.6. The van der Waals surface area contributed by atoms with Crippen molar-refractivity contribution >= 4 is 28.9 Å². The van der Waals surface area contributed by atoms with E-state index in [0.29, 0.717) is 17.5 Å². The molecular weight excluding hydrogens is 485 g/mol. The van der Waals surface area contributed by atoms with E-state index in [1.54, 1.807) is 6.07 Å². The van der Waals surface area contributed by atoms with Crippen LogP contribution in [0.2, 0.25) is 0 Å². The highest BCUT2D eigenvalue weighted by atomic mass is 79.9. The summed E-state index contributed by atoms with van der Waals surface area (Å²) in [6.07, 6.45) is 0.547. The normalized spacial score (nSPS) is 10.8. The highest BCUT2D eigenvalue weighted by molar-refractivity contribution is 7.95. The number of hydrogen-bond acceptors (Lipinski definition) is 3. The van der Waals surface area contributed by atoms with E-state index in [1.807, 2.05) is 60.7 Å². The molecule has 6 heteroatoms. The van der Waals surface area contributed by atoms with Gasteiger partial charge in [-0.1, -0.05) is 54.6 Å². The van der Waals surface area contributed by atoms with Crippen molar-refractivity contribution in [3.63, 3.8) is 0 Å². The Kier molecular flexibility index (Phi) is 7.79. The van der Waals surface area contributed by atoms with Crippen LogP contribution < -0.4 is 37.6 Å². The second-order valence-corrected chi connectivity index (χ2v) is 10.7. The van der Waals surface area contributed by atoms with Crippen LogP contribution in [0, 0.1) is 10.1 Å². The van der Waals surface area contributed by atoms with Gasteiger partial charge < -0.3 is 21.7 Å². The fourth-order valence-electron chi connectivity index (χ4n) is 4.00. The summed E-state index contributed by atoms with van der Waals surface area (Å²) in [6.45, 7) is 0. The fourth-order valence-corrected chi connectivity index (χ4v) is 8.26. The number of nitro groups is 1. The Balaban J connectivity index is 0.00000289. The molecule has 4 aromatic carbocycles. The minimum Gasteiger partial charge on any atom is -1.00 e. The minimum atomic E-state index is -2.21. The van der Waals surface area contributed by atoms with Crippen LogP contribution in [-0.4, -0.2) is 12.0 Å². The number of halogens is 1. The third-order valence-corrected chi connectivity index (χ3v) is 9.84. The topological polar surface area (TPSA) is 52.4 Å². The Hall–Kier alpha value is -3.01. The summed E-state index contributed by atoms with van der Waals surface area (Å²) < 4.78 is 5.25. The van der Waals surface area contributed by atoms with Crippen LogP contribution in [0.15, 0.2) is 109 Å². The van der Waals surface area contributed by atoms with E-state index in [2.05, 4.69) is 36.4 Å². The molecule has 162 valence electrons. The first-order valence-corrected chi connectivity index (χ1v) is 12.0. The molecular formula is C26H23BrNO3P. The Morgan fingerprint density at radius 1 is 0.750 bits per heavy atom. The van der Waals surface area contributed by atoms with Crippen molar-refractivity contribution in [3.05, 3.63) is 125 Å². The molecule has 0 atom stereocenters. The highest BCUT2D eigenvalue weighted by Crippen LogP contribution is 2.59. The van der Waals surface area contributed by atoms with E-state index in [-0.39, 0.29) is 27.6 Å². The van der Waals surface area contributed by atoms with Gasteiger partial charge in [-0.05, 0) is 48.5 Å². The average molecular weight is 508 g/mol. The van der Waals surface area contributed by atoms with Crippen molar-refractivity contribution in [1.29, 1.82) is 0 Å². The monoisotopic (exact) mass is 507 g/mol. The van der Waals surface area contributed by atoms with Crippen LogP contribution in [-0.2, 0) is 6.16 Å². The second kappa shape index (κ2) is 10.5. The molecule has 0 aliphatic rings. The van der Waals surface area contributed by atoms with Gasteiger partial charge in [-0.2, -0.15) is 0 Å². The minimum absolute atomic E-state index is 0. The summed E-state index contributed by atoms with van der Waals surface area (Å²) in [5.41, 5.74) is 0.794. The number of ether oxygens (including phenoxy) is 1. The molecule has 0 spiro atoms. The first-order chi connectivity index (χ1) is 15.1. The van der Waals surface area contributed by atoms with E-state index >= 15 is 0 Å². The van der Waals surface area contributed by atoms with E-state index in [1.165, 1.54) is 29.1 Å². The van der Waals surface area contributed by atoms with Crippen LogP contribution in [0.4, 0.5) is 5.69 Å². The molecule has 0 saturated heterocycles. The summed E-state index contributed by atoms with van der Waals surface area (Å²) in [4.78, 5) is 11.6. The van der Waals surface area contributed by atoms with Crippen molar-refractivity contribution in [2.24, 2.45) is 0 Å². The van der Waals surface area contributed by atoms with Crippen LogP contribution in [0.1, 0.15) is 5.56 Å². The first-order valence-electron chi connectivity index (χ1n) is 10.0. The van der Waals surface area contributed by atoms with Crippen LogP contribution in [0.25, 0.3) is 0 Å². The van der Waals surface area contributed by atoms with Crippen molar-refractivity contribution in [3.8, 4) is 5.75 Å². The van der Waals surface area contributed by atoms with E-state index in [9.17, 15) is 10.1 Å². The van der Waals surface area contributed by atoms with Gasteiger partial charge in [0.1, 0.15) is 35.1 Å². The van der Waals surface area contributed by atoms with Gasteiger partial charge in [-0.25, -0.2) is 0 Å². The number of nitro benzene ring substituents is 1. The molecule has 0 aliphatic carbocycles. The molecule has 0 amide bonds. The van der Waals surface area contributed by atoms with Gasteiger partial charge in [0.15, 0.2) is 0 Å². The molecule has 0 fully saturated rings. The molecule has 4 aromatic rings. The molecule has 0 aliphatic heterocycles. The summed E-state index contributed by atoms with van der Waals surface area (Å²) in [7, 11) is -0.689. The average Bonchev–Trinajstić information content (AvgIpc) is 2.84. The van der Waals surface area contributed by atoms with Crippen molar-refractivity contribution < 1.29 is 26.6 Å². The lowest BCUT2D eigenvalue weighted by molar-refractivity contribution is -0.385. The Bertz CT molecular complexity index is 1070. The summed E-state index contributed by atoms with van der Waals surface area (Å²) in [5.74, 6) is 0.485. The molecule has 4 rings (SSSR count). The molecule has 0 N–H and O–H groups in total. The zero-order valence-corrected chi connectivity index (χ0v) is 20.1. The Labute approximate surface area is 199 Å². The highest BCUT2D eigenvalue weighted by Gasteiger charge is 2.46. The zero-order chi connectivity index (χ0) is 21.7. The summed E-state index contributed by atoms with van der Waals surface area (Å²) in [6, 6.07) is 36.3. The maximum absolute atomic E-state index is 11.9. The van der Waals surface area contributed by atoms with Gasteiger partial charge in [0, 0.05) is 0 Å². The SMILES string of the molecule is COc1ccc(C[P+](c2ccccc2)(c2ccccc2)c2ccccc2)c([N+](=O)[O-])c1.[Br-]. The van der Waals surface area contributed by atoms with Crippen molar-refractivity contribution in [2.75, 3.05) is 7.11 Å². The van der Waals surface area contributed by atoms with Crippen LogP contribution in [0.5, 0.6) is 5.75 Å². The van der Waals surface area contributed by atoms with Gasteiger partial charge in [0.05, 0.1) is 23.7 Å². The Morgan fingerprint density at radius 2 is 1.19 bits per heavy atom. The molecule has 0 unspecified atom stereocenters. The van der Waals surface area contributed by atoms with E-state index in [0.717, 1.165) is 0 Å². The number of benzene rings is 4. The van der Waals surface area contributed by atoms with Crippen LogP contribution in [0.3, 0.4) is 0 Å². The predicted octanol–water partition coefficient (Wildman–Crippen LogP) is 2.10. The number of nitrogens with zero attached hydrogens (tertiary/aromatic N) is 1. The lowest BCUT2D eigenvalue weighted by Crippen LogP contribution is -3.00. The fraction of sp³-hybridized carbons (Fsp3) is 0.0769. The van der Waals surface area contributed by atoms with E-state index < -0.39 is 7.26 Å². The van der Waals surface area contributed by atoms with Crippen molar-refractivity contribution in [1.82, 2.24) is 0 Å². The molecule has 4 nitrogen and oxygen atoms in total. The molecule has 0 radical (unpaired) electrons. The lowest BCUT2D eigenvalue weighted by Gasteiger charge is -2.27. The standard InChI is InChI=1S/C26H23NO3P.BrH/c1-30-22-18-17-21(26(19-22)27(28)29)20-31(23-11-5-2-6-12-23,24-13-7-3-8-14-24)25-15-9-4-10-16-25;/h2-19H,20H2,1H3;1H/q+1;/p-1. The van der Waals surface area contributed by atoms with Gasteiger partial charge in [0.2, 0.25) is 0 Å². The van der Waals surface area contributed by atoms with Gasteiger partial charge in [-0.3, -0.25) is 10.1 Å². The summed E-state index contributed by atoms with van der Waals surface area (Å²) >= 11 is 0. The largest absolute Gasteiger partial charge is 1.00 e. The third-order valence-electron chi connectivity index (χ3n) is 5.49. The molecule has 32 heavy (non-hydrogen) atoms.